The van der Waals surface area contributed by atoms with E-state index in [1.54, 1.807) is 0 Å². The first-order valence-electron chi connectivity index (χ1n) is 8.46. The number of likely N-dealkylation sites (tertiary alicyclic amines) is 1. The third kappa shape index (κ3) is 3.37. The lowest BCUT2D eigenvalue weighted by molar-refractivity contribution is 0.0184. The molecule has 0 radical (unpaired) electrons. The minimum absolute atomic E-state index is 0.372. The molecule has 3 heteroatoms. The van der Waals surface area contributed by atoms with Crippen molar-refractivity contribution in [2.45, 2.75) is 58.5 Å². The molecule has 0 spiro atoms. The SMILES string of the molecule is CC1C(N)CCC(CN(C)C2CCN(C)CC2)C1(C)C. The number of nitrogens with two attached hydrogens (primary N) is 1. The number of hydrogen-bond donors (Lipinski definition) is 1. The normalized spacial score (nSPS) is 36.5. The van der Waals surface area contributed by atoms with Crippen LogP contribution >= 0.6 is 0 Å². The van der Waals surface area contributed by atoms with Gasteiger partial charge in [0.2, 0.25) is 0 Å². The number of piperidine rings is 1. The summed E-state index contributed by atoms with van der Waals surface area (Å²) in [7, 11) is 4.58. The van der Waals surface area contributed by atoms with Crippen LogP contribution in [0, 0.1) is 17.3 Å². The highest BCUT2D eigenvalue weighted by Gasteiger charge is 2.42. The lowest BCUT2D eigenvalue weighted by atomic mass is 9.61. The fraction of sp³-hybridized carbons (Fsp3) is 1.00. The first-order valence-corrected chi connectivity index (χ1v) is 8.46. The molecule has 1 aliphatic carbocycles. The fourth-order valence-corrected chi connectivity index (χ4v) is 4.20. The standard InChI is InChI=1S/C17H35N3/c1-13-16(18)7-6-14(17(13,2)3)12-20(5)15-8-10-19(4)11-9-15/h13-16H,6-12,18H2,1-5H3. The molecule has 0 aromatic rings. The lowest BCUT2D eigenvalue weighted by Gasteiger charge is -2.49. The second-order valence-electron chi connectivity index (χ2n) is 8.02. The van der Waals surface area contributed by atoms with Gasteiger partial charge in [-0.2, -0.15) is 0 Å². The average molecular weight is 281 g/mol. The van der Waals surface area contributed by atoms with Crippen LogP contribution in [0.4, 0.5) is 0 Å². The zero-order chi connectivity index (χ0) is 14.9. The van der Waals surface area contributed by atoms with Gasteiger partial charge in [-0.15, -0.1) is 0 Å². The van der Waals surface area contributed by atoms with Crippen LogP contribution in [-0.4, -0.2) is 55.6 Å². The van der Waals surface area contributed by atoms with Gasteiger partial charge in [-0.1, -0.05) is 20.8 Å². The van der Waals surface area contributed by atoms with E-state index in [0.29, 0.717) is 17.4 Å². The van der Waals surface area contributed by atoms with Crippen LogP contribution in [-0.2, 0) is 0 Å². The highest BCUT2D eigenvalue weighted by molar-refractivity contribution is 4.95. The monoisotopic (exact) mass is 281 g/mol. The molecule has 2 fully saturated rings. The van der Waals surface area contributed by atoms with Crippen molar-refractivity contribution in [3.05, 3.63) is 0 Å². The molecule has 118 valence electrons. The number of rotatable bonds is 3. The second-order valence-corrected chi connectivity index (χ2v) is 8.02. The summed E-state index contributed by atoms with van der Waals surface area (Å²) in [6.45, 7) is 11.0. The van der Waals surface area contributed by atoms with Gasteiger partial charge in [-0.3, -0.25) is 0 Å². The molecule has 3 unspecified atom stereocenters. The summed E-state index contributed by atoms with van der Waals surface area (Å²) in [6, 6.07) is 1.18. The van der Waals surface area contributed by atoms with E-state index in [1.807, 2.05) is 0 Å². The molecule has 3 nitrogen and oxygen atoms in total. The molecule has 1 aliphatic heterocycles. The first-order chi connectivity index (χ1) is 9.32. The zero-order valence-electron chi connectivity index (χ0n) is 14.2. The summed E-state index contributed by atoms with van der Waals surface area (Å²) in [6.07, 6.45) is 5.16. The Hall–Kier alpha value is -0.120. The molecule has 0 amide bonds. The molecule has 1 heterocycles. The van der Waals surface area contributed by atoms with E-state index in [9.17, 15) is 0 Å². The minimum Gasteiger partial charge on any atom is -0.327 e. The molecule has 2 aliphatic rings. The van der Waals surface area contributed by atoms with Crippen LogP contribution in [0.1, 0.15) is 46.5 Å². The van der Waals surface area contributed by atoms with Crippen LogP contribution in [0.15, 0.2) is 0 Å². The Morgan fingerprint density at radius 1 is 1.15 bits per heavy atom. The fourth-order valence-electron chi connectivity index (χ4n) is 4.20. The smallest absolute Gasteiger partial charge is 0.0117 e. The third-order valence-corrected chi connectivity index (χ3v) is 6.54. The van der Waals surface area contributed by atoms with Crippen LogP contribution in [0.3, 0.4) is 0 Å². The number of nitrogens with zero attached hydrogens (tertiary/aromatic N) is 2. The number of hydrogen-bond acceptors (Lipinski definition) is 3. The Morgan fingerprint density at radius 2 is 1.75 bits per heavy atom. The van der Waals surface area contributed by atoms with Gasteiger partial charge < -0.3 is 15.5 Å². The van der Waals surface area contributed by atoms with Crippen LogP contribution < -0.4 is 5.73 Å². The van der Waals surface area contributed by atoms with E-state index in [4.69, 9.17) is 5.73 Å². The zero-order valence-corrected chi connectivity index (χ0v) is 14.2. The maximum absolute atomic E-state index is 6.29. The van der Waals surface area contributed by atoms with Gasteiger partial charge >= 0.3 is 0 Å². The van der Waals surface area contributed by atoms with Gasteiger partial charge in [0.15, 0.2) is 0 Å². The molecule has 0 bridgehead atoms. The molecule has 2 N–H and O–H groups in total. The molecule has 1 saturated carbocycles. The van der Waals surface area contributed by atoms with E-state index in [2.05, 4.69) is 44.7 Å². The average Bonchev–Trinajstić information content (AvgIpc) is 2.40. The van der Waals surface area contributed by atoms with Crippen molar-refractivity contribution in [2.24, 2.45) is 23.0 Å². The lowest BCUT2D eigenvalue weighted by Crippen LogP contribution is -2.51. The maximum Gasteiger partial charge on any atom is 0.0117 e. The minimum atomic E-state index is 0.372. The Kier molecular flexibility index (Phi) is 5.14. The van der Waals surface area contributed by atoms with Crippen molar-refractivity contribution in [3.63, 3.8) is 0 Å². The van der Waals surface area contributed by atoms with Crippen molar-refractivity contribution in [1.29, 1.82) is 0 Å². The molecular weight excluding hydrogens is 246 g/mol. The van der Waals surface area contributed by atoms with Crippen molar-refractivity contribution in [3.8, 4) is 0 Å². The van der Waals surface area contributed by atoms with E-state index >= 15 is 0 Å². The van der Waals surface area contributed by atoms with Crippen LogP contribution in [0.5, 0.6) is 0 Å². The summed E-state index contributed by atoms with van der Waals surface area (Å²) in [5.74, 6) is 1.43. The molecular formula is C17H35N3. The quantitative estimate of drug-likeness (QED) is 0.862. The molecule has 20 heavy (non-hydrogen) atoms. The van der Waals surface area contributed by atoms with E-state index < -0.39 is 0 Å². The predicted molar refractivity (Wildman–Crippen MR) is 86.8 cm³/mol. The summed E-state index contributed by atoms with van der Waals surface area (Å²) < 4.78 is 0. The molecule has 0 aromatic carbocycles. The highest BCUT2D eigenvalue weighted by atomic mass is 15.2. The Labute approximate surface area is 125 Å². The van der Waals surface area contributed by atoms with Crippen molar-refractivity contribution >= 4 is 0 Å². The van der Waals surface area contributed by atoms with Gasteiger partial charge in [0, 0.05) is 18.6 Å². The maximum atomic E-state index is 6.29. The molecule has 3 atom stereocenters. The van der Waals surface area contributed by atoms with Crippen molar-refractivity contribution in [1.82, 2.24) is 9.80 Å². The van der Waals surface area contributed by atoms with Crippen LogP contribution in [0.2, 0.25) is 0 Å². The summed E-state index contributed by atoms with van der Waals surface area (Å²) in [4.78, 5) is 5.10. The summed E-state index contributed by atoms with van der Waals surface area (Å²) in [5.41, 5.74) is 6.66. The Morgan fingerprint density at radius 3 is 2.35 bits per heavy atom. The van der Waals surface area contributed by atoms with Crippen molar-refractivity contribution in [2.75, 3.05) is 33.7 Å². The topological polar surface area (TPSA) is 32.5 Å². The predicted octanol–water partition coefficient (Wildman–Crippen LogP) is 2.41. The van der Waals surface area contributed by atoms with E-state index in [0.717, 1.165) is 12.0 Å². The van der Waals surface area contributed by atoms with E-state index in [1.165, 1.54) is 45.3 Å². The molecule has 2 rings (SSSR count). The van der Waals surface area contributed by atoms with Crippen molar-refractivity contribution < 1.29 is 0 Å². The Bertz CT molecular complexity index is 307. The molecule has 0 aromatic heterocycles. The van der Waals surface area contributed by atoms with Crippen LogP contribution in [0.25, 0.3) is 0 Å². The molecule has 1 saturated heterocycles. The first kappa shape index (κ1) is 16.3. The highest BCUT2D eigenvalue weighted by Crippen LogP contribution is 2.44. The largest absolute Gasteiger partial charge is 0.327 e. The van der Waals surface area contributed by atoms with Gasteiger partial charge in [0.25, 0.3) is 0 Å². The van der Waals surface area contributed by atoms with Gasteiger partial charge in [-0.25, -0.2) is 0 Å². The van der Waals surface area contributed by atoms with Gasteiger partial charge in [0.1, 0.15) is 0 Å². The Balaban J connectivity index is 1.92. The van der Waals surface area contributed by atoms with Gasteiger partial charge in [0.05, 0.1) is 0 Å². The second kappa shape index (κ2) is 6.33. The summed E-state index contributed by atoms with van der Waals surface area (Å²) in [5, 5.41) is 0. The van der Waals surface area contributed by atoms with Gasteiger partial charge in [-0.05, 0) is 70.1 Å². The summed E-state index contributed by atoms with van der Waals surface area (Å²) >= 11 is 0. The van der Waals surface area contributed by atoms with E-state index in [-0.39, 0.29) is 0 Å². The third-order valence-electron chi connectivity index (χ3n) is 6.54.